The monoisotopic (exact) mass is 261 g/mol. The van der Waals surface area contributed by atoms with Crippen molar-refractivity contribution in [3.05, 3.63) is 34.4 Å². The standard InChI is InChI=1S/C16H27N3/c1-6-9-16(18-19-17-5)15-11-10-13(7-2)12(4)14(15)8-3/h10-11,17,19H,6-9H2,1-5H3/b18-16+. The van der Waals surface area contributed by atoms with Gasteiger partial charge in [0.25, 0.3) is 0 Å². The molecule has 0 aromatic heterocycles. The molecular weight excluding hydrogens is 234 g/mol. The van der Waals surface area contributed by atoms with E-state index in [1.165, 1.54) is 22.3 Å². The molecule has 0 spiro atoms. The van der Waals surface area contributed by atoms with Gasteiger partial charge < -0.3 is 0 Å². The molecule has 106 valence electrons. The summed E-state index contributed by atoms with van der Waals surface area (Å²) in [6, 6.07) is 4.48. The van der Waals surface area contributed by atoms with Crippen molar-refractivity contribution in [2.45, 2.75) is 53.4 Å². The smallest absolute Gasteiger partial charge is 0.0693 e. The minimum absolute atomic E-state index is 0.993. The van der Waals surface area contributed by atoms with Crippen molar-refractivity contribution in [1.82, 2.24) is 11.0 Å². The molecule has 1 aromatic carbocycles. The minimum atomic E-state index is 0.993. The fourth-order valence-electron chi connectivity index (χ4n) is 2.53. The maximum atomic E-state index is 4.46. The number of benzene rings is 1. The molecule has 0 bridgehead atoms. The van der Waals surface area contributed by atoms with Gasteiger partial charge in [-0.3, -0.25) is 0 Å². The zero-order valence-corrected chi connectivity index (χ0v) is 12.9. The van der Waals surface area contributed by atoms with Crippen molar-refractivity contribution in [2.24, 2.45) is 5.10 Å². The molecule has 0 radical (unpaired) electrons. The molecule has 0 fully saturated rings. The van der Waals surface area contributed by atoms with E-state index in [1.54, 1.807) is 0 Å². The highest BCUT2D eigenvalue weighted by Crippen LogP contribution is 2.22. The fraction of sp³-hybridized carbons (Fsp3) is 0.562. The van der Waals surface area contributed by atoms with Crippen LogP contribution in [0.4, 0.5) is 0 Å². The van der Waals surface area contributed by atoms with Crippen LogP contribution in [0.1, 0.15) is 55.9 Å². The highest BCUT2D eigenvalue weighted by atomic mass is 15.5. The second-order valence-electron chi connectivity index (χ2n) is 4.75. The van der Waals surface area contributed by atoms with Gasteiger partial charge in [0.2, 0.25) is 0 Å². The summed E-state index contributed by atoms with van der Waals surface area (Å²) in [7, 11) is 1.83. The molecule has 3 nitrogen and oxygen atoms in total. The Morgan fingerprint density at radius 1 is 1.16 bits per heavy atom. The van der Waals surface area contributed by atoms with E-state index in [0.29, 0.717) is 0 Å². The number of hydrogen-bond acceptors (Lipinski definition) is 3. The van der Waals surface area contributed by atoms with E-state index >= 15 is 0 Å². The first-order chi connectivity index (χ1) is 9.19. The van der Waals surface area contributed by atoms with Gasteiger partial charge in [0.05, 0.1) is 5.71 Å². The maximum absolute atomic E-state index is 4.46. The summed E-state index contributed by atoms with van der Waals surface area (Å²) in [6.07, 6.45) is 4.24. The van der Waals surface area contributed by atoms with Gasteiger partial charge in [0.15, 0.2) is 0 Å². The Labute approximate surface area is 117 Å². The molecule has 0 aliphatic heterocycles. The molecule has 0 heterocycles. The molecule has 0 saturated heterocycles. The number of nitrogens with one attached hydrogen (secondary N) is 2. The van der Waals surface area contributed by atoms with Gasteiger partial charge >= 0.3 is 0 Å². The second kappa shape index (κ2) is 7.95. The normalized spacial score (nSPS) is 11.7. The van der Waals surface area contributed by atoms with Crippen molar-refractivity contribution in [3.8, 4) is 0 Å². The topological polar surface area (TPSA) is 36.4 Å². The van der Waals surface area contributed by atoms with E-state index in [1.807, 2.05) is 7.05 Å². The number of hydrazine groups is 1. The lowest BCUT2D eigenvalue weighted by Crippen LogP contribution is -2.24. The predicted octanol–water partition coefficient (Wildman–Crippen LogP) is 3.35. The van der Waals surface area contributed by atoms with Gasteiger partial charge in [-0.1, -0.05) is 39.3 Å². The SMILES string of the molecule is CCC/C(=N\NNC)c1ccc(CC)c(C)c1CC. The third-order valence-electron chi connectivity index (χ3n) is 3.55. The summed E-state index contributed by atoms with van der Waals surface area (Å²) in [4.78, 5) is 0. The Hall–Kier alpha value is -1.35. The Bertz CT molecular complexity index is 436. The zero-order chi connectivity index (χ0) is 14.3. The molecule has 0 saturated carbocycles. The lowest BCUT2D eigenvalue weighted by Gasteiger charge is -2.16. The van der Waals surface area contributed by atoms with Crippen LogP contribution in [-0.2, 0) is 12.8 Å². The van der Waals surface area contributed by atoms with Crippen LogP contribution in [0.25, 0.3) is 0 Å². The molecule has 1 rings (SSSR count). The third kappa shape index (κ3) is 3.80. The number of hydrazone groups is 1. The summed E-state index contributed by atoms with van der Waals surface area (Å²) in [5, 5.41) is 4.46. The molecular formula is C16H27N3. The molecule has 3 heteroatoms. The molecule has 0 aliphatic rings. The molecule has 2 N–H and O–H groups in total. The van der Waals surface area contributed by atoms with Crippen LogP contribution in [0, 0.1) is 6.92 Å². The average molecular weight is 261 g/mol. The summed E-state index contributed by atoms with van der Waals surface area (Å²) < 4.78 is 0. The van der Waals surface area contributed by atoms with Crippen molar-refractivity contribution in [1.29, 1.82) is 0 Å². The van der Waals surface area contributed by atoms with Gasteiger partial charge in [-0.05, 0) is 42.9 Å². The van der Waals surface area contributed by atoms with Gasteiger partial charge in [-0.2, -0.15) is 5.10 Å². The number of aryl methyl sites for hydroxylation is 1. The van der Waals surface area contributed by atoms with Gasteiger partial charge in [0.1, 0.15) is 0 Å². The van der Waals surface area contributed by atoms with E-state index in [-0.39, 0.29) is 0 Å². The number of hydrogen-bond donors (Lipinski definition) is 2. The molecule has 0 atom stereocenters. The van der Waals surface area contributed by atoms with Crippen molar-refractivity contribution >= 4 is 5.71 Å². The Balaban J connectivity index is 3.26. The summed E-state index contributed by atoms with van der Waals surface area (Å²) in [5.41, 5.74) is 12.5. The lowest BCUT2D eigenvalue weighted by atomic mass is 9.90. The molecule has 0 unspecified atom stereocenters. The Morgan fingerprint density at radius 2 is 1.89 bits per heavy atom. The summed E-state index contributed by atoms with van der Waals surface area (Å²) in [5.74, 6) is 0. The van der Waals surface area contributed by atoms with E-state index in [4.69, 9.17) is 0 Å². The molecule has 0 amide bonds. The fourth-order valence-corrected chi connectivity index (χ4v) is 2.53. The second-order valence-corrected chi connectivity index (χ2v) is 4.75. The summed E-state index contributed by atoms with van der Waals surface area (Å²) >= 11 is 0. The Kier molecular flexibility index (Phi) is 6.57. The minimum Gasteiger partial charge on any atom is -0.243 e. The van der Waals surface area contributed by atoms with Crippen LogP contribution in [0.5, 0.6) is 0 Å². The van der Waals surface area contributed by atoms with Crippen LogP contribution < -0.4 is 11.0 Å². The van der Waals surface area contributed by atoms with Crippen LogP contribution in [-0.4, -0.2) is 12.8 Å². The Morgan fingerprint density at radius 3 is 2.42 bits per heavy atom. The molecule has 1 aromatic rings. The van der Waals surface area contributed by atoms with E-state index in [2.05, 4.69) is 55.9 Å². The molecule has 19 heavy (non-hydrogen) atoms. The first kappa shape index (κ1) is 15.7. The first-order valence-electron chi connectivity index (χ1n) is 7.29. The third-order valence-corrected chi connectivity index (χ3v) is 3.55. The van der Waals surface area contributed by atoms with Crippen LogP contribution in [0.3, 0.4) is 0 Å². The lowest BCUT2D eigenvalue weighted by molar-refractivity contribution is 0.630. The number of nitrogens with zero attached hydrogens (tertiary/aromatic N) is 1. The van der Waals surface area contributed by atoms with E-state index in [0.717, 1.165) is 31.4 Å². The highest BCUT2D eigenvalue weighted by Gasteiger charge is 2.12. The van der Waals surface area contributed by atoms with Gasteiger partial charge in [-0.25, -0.2) is 11.0 Å². The highest BCUT2D eigenvalue weighted by molar-refractivity contribution is 6.02. The van der Waals surface area contributed by atoms with E-state index < -0.39 is 0 Å². The van der Waals surface area contributed by atoms with Crippen molar-refractivity contribution < 1.29 is 0 Å². The van der Waals surface area contributed by atoms with E-state index in [9.17, 15) is 0 Å². The van der Waals surface area contributed by atoms with Crippen LogP contribution in [0.2, 0.25) is 0 Å². The quantitative estimate of drug-likeness (QED) is 0.583. The van der Waals surface area contributed by atoms with Crippen LogP contribution in [0.15, 0.2) is 17.2 Å². The largest absolute Gasteiger partial charge is 0.243 e. The molecule has 0 aliphatic carbocycles. The van der Waals surface area contributed by atoms with Gasteiger partial charge in [-0.15, -0.1) is 0 Å². The predicted molar refractivity (Wildman–Crippen MR) is 83.6 cm³/mol. The van der Waals surface area contributed by atoms with Crippen molar-refractivity contribution in [3.63, 3.8) is 0 Å². The first-order valence-corrected chi connectivity index (χ1v) is 7.29. The van der Waals surface area contributed by atoms with Crippen LogP contribution >= 0.6 is 0 Å². The van der Waals surface area contributed by atoms with Gasteiger partial charge in [0, 0.05) is 12.6 Å². The van der Waals surface area contributed by atoms with Crippen molar-refractivity contribution in [2.75, 3.05) is 7.05 Å². The summed E-state index contributed by atoms with van der Waals surface area (Å²) in [6.45, 7) is 8.86. The zero-order valence-electron chi connectivity index (χ0n) is 12.9. The maximum Gasteiger partial charge on any atom is 0.0693 e. The number of rotatable bonds is 7. The average Bonchev–Trinajstić information content (AvgIpc) is 2.43.